The average Bonchev–Trinajstić information content (AvgIpc) is 2.60. The number of hydrogen-bond acceptors (Lipinski definition) is 1. The molecule has 1 aliphatic carbocycles. The van der Waals surface area contributed by atoms with E-state index in [0.29, 0.717) is 17.2 Å². The number of carbonyl (C=O) groups excluding carboxylic acids is 1. The minimum atomic E-state index is -0.300. The van der Waals surface area contributed by atoms with Gasteiger partial charge < -0.3 is 5.32 Å². The lowest BCUT2D eigenvalue weighted by molar-refractivity contribution is -0.118. The Morgan fingerprint density at radius 2 is 2.12 bits per heavy atom. The van der Waals surface area contributed by atoms with Crippen molar-refractivity contribution >= 4 is 5.91 Å². The van der Waals surface area contributed by atoms with Gasteiger partial charge in [0.15, 0.2) is 0 Å². The van der Waals surface area contributed by atoms with Crippen LogP contribution in [-0.2, 0) is 4.79 Å². The fraction of sp³-hybridized carbons (Fsp3) is 0.348. The van der Waals surface area contributed by atoms with Crippen molar-refractivity contribution in [3.05, 3.63) is 70.6 Å². The zero-order chi connectivity index (χ0) is 18.9. The molecule has 0 saturated heterocycles. The Kier molecular flexibility index (Phi) is 7.41. The van der Waals surface area contributed by atoms with Crippen LogP contribution >= 0.6 is 0 Å². The van der Waals surface area contributed by atoms with E-state index in [9.17, 15) is 9.18 Å². The summed E-state index contributed by atoms with van der Waals surface area (Å²) in [4.78, 5) is 12.5. The van der Waals surface area contributed by atoms with Gasteiger partial charge in [0.1, 0.15) is 5.82 Å². The minimum absolute atomic E-state index is 0.0150. The fourth-order valence-electron chi connectivity index (χ4n) is 2.51. The van der Waals surface area contributed by atoms with Crippen LogP contribution < -0.4 is 5.32 Å². The molecule has 0 radical (unpaired) electrons. The second-order valence-electron chi connectivity index (χ2n) is 6.49. The fourth-order valence-corrected chi connectivity index (χ4v) is 2.51. The standard InChI is InChI=1S/C23H26FNO/c1-4-17(3)22(23(26)25-21-10-7-11-21)15-14-18(5-2)12-13-19-8-6-9-20(24)16-19/h5-6,8-9,14-16,21H,4,7,10-11H2,1-3H3,(H,25,26). The maximum absolute atomic E-state index is 13.2. The SMILES string of the molecule is CC=C(C#Cc1cccc(F)c1)C=CC(C(=O)NC1CCC1)=C(C)CC. The van der Waals surface area contributed by atoms with Crippen LogP contribution in [0.2, 0.25) is 0 Å². The Bertz CT molecular complexity index is 801. The highest BCUT2D eigenvalue weighted by molar-refractivity contribution is 5.97. The Balaban J connectivity index is 2.15. The van der Waals surface area contributed by atoms with Gasteiger partial charge in [-0.3, -0.25) is 4.79 Å². The highest BCUT2D eigenvalue weighted by Gasteiger charge is 2.21. The van der Waals surface area contributed by atoms with Crippen LogP contribution in [0.25, 0.3) is 0 Å². The van der Waals surface area contributed by atoms with Crippen LogP contribution in [0, 0.1) is 17.7 Å². The summed E-state index contributed by atoms with van der Waals surface area (Å²) in [5.41, 5.74) is 3.16. The minimum Gasteiger partial charge on any atom is -0.349 e. The molecule has 1 aliphatic rings. The van der Waals surface area contributed by atoms with Gasteiger partial charge in [-0.05, 0) is 69.9 Å². The summed E-state index contributed by atoms with van der Waals surface area (Å²) in [5, 5.41) is 3.09. The molecule has 1 aromatic rings. The lowest BCUT2D eigenvalue weighted by atomic mass is 9.92. The summed E-state index contributed by atoms with van der Waals surface area (Å²) in [6.45, 7) is 5.92. The van der Waals surface area contributed by atoms with E-state index in [2.05, 4.69) is 17.2 Å². The zero-order valence-electron chi connectivity index (χ0n) is 15.7. The normalized spacial score (nSPS) is 15.8. The van der Waals surface area contributed by atoms with Crippen molar-refractivity contribution < 1.29 is 9.18 Å². The first-order valence-corrected chi connectivity index (χ1v) is 9.16. The van der Waals surface area contributed by atoms with Crippen molar-refractivity contribution in [2.45, 2.75) is 52.5 Å². The van der Waals surface area contributed by atoms with Gasteiger partial charge in [0.2, 0.25) is 0 Å². The van der Waals surface area contributed by atoms with E-state index in [1.807, 2.05) is 39.0 Å². The molecule has 0 unspecified atom stereocenters. The molecular formula is C23H26FNO. The molecule has 0 heterocycles. The van der Waals surface area contributed by atoms with Crippen molar-refractivity contribution in [3.63, 3.8) is 0 Å². The largest absolute Gasteiger partial charge is 0.349 e. The monoisotopic (exact) mass is 351 g/mol. The van der Waals surface area contributed by atoms with Gasteiger partial charge in [-0.25, -0.2) is 4.39 Å². The number of halogens is 1. The number of allylic oxidation sites excluding steroid dienone is 4. The van der Waals surface area contributed by atoms with E-state index in [4.69, 9.17) is 0 Å². The number of amides is 1. The van der Waals surface area contributed by atoms with Crippen LogP contribution in [0.3, 0.4) is 0 Å². The first-order valence-electron chi connectivity index (χ1n) is 9.16. The molecule has 0 atom stereocenters. The quantitative estimate of drug-likeness (QED) is 0.448. The van der Waals surface area contributed by atoms with Crippen molar-refractivity contribution in [3.8, 4) is 11.8 Å². The predicted molar refractivity (Wildman–Crippen MR) is 105 cm³/mol. The molecule has 1 N–H and O–H groups in total. The van der Waals surface area contributed by atoms with Gasteiger partial charge >= 0.3 is 0 Å². The molecule has 1 saturated carbocycles. The number of rotatable bonds is 5. The molecule has 0 aliphatic heterocycles. The van der Waals surface area contributed by atoms with Gasteiger partial charge in [-0.2, -0.15) is 0 Å². The van der Waals surface area contributed by atoms with Gasteiger partial charge in [0, 0.05) is 22.8 Å². The van der Waals surface area contributed by atoms with E-state index >= 15 is 0 Å². The van der Waals surface area contributed by atoms with E-state index in [-0.39, 0.29) is 11.7 Å². The first-order chi connectivity index (χ1) is 12.5. The summed E-state index contributed by atoms with van der Waals surface area (Å²) in [6, 6.07) is 6.52. The summed E-state index contributed by atoms with van der Waals surface area (Å²) >= 11 is 0. The third-order valence-electron chi connectivity index (χ3n) is 4.59. The topological polar surface area (TPSA) is 29.1 Å². The predicted octanol–water partition coefficient (Wildman–Crippen LogP) is 5.07. The Morgan fingerprint density at radius 3 is 2.69 bits per heavy atom. The second-order valence-corrected chi connectivity index (χ2v) is 6.49. The molecule has 3 heteroatoms. The van der Waals surface area contributed by atoms with Crippen LogP contribution in [0.15, 0.2) is 59.2 Å². The molecule has 1 fully saturated rings. The van der Waals surface area contributed by atoms with Gasteiger partial charge in [0.05, 0.1) is 0 Å². The third kappa shape index (κ3) is 5.74. The Labute approximate surface area is 155 Å². The van der Waals surface area contributed by atoms with Crippen LogP contribution in [0.5, 0.6) is 0 Å². The lowest BCUT2D eigenvalue weighted by Crippen LogP contribution is -2.40. The molecule has 0 spiro atoms. The summed E-state index contributed by atoms with van der Waals surface area (Å²) in [7, 11) is 0. The number of hydrogen-bond donors (Lipinski definition) is 1. The molecule has 2 rings (SSSR count). The van der Waals surface area contributed by atoms with E-state index in [0.717, 1.165) is 30.4 Å². The third-order valence-corrected chi connectivity index (χ3v) is 4.59. The average molecular weight is 351 g/mol. The molecule has 136 valence electrons. The maximum Gasteiger partial charge on any atom is 0.251 e. The lowest BCUT2D eigenvalue weighted by Gasteiger charge is -2.26. The summed E-state index contributed by atoms with van der Waals surface area (Å²) < 4.78 is 13.2. The number of nitrogens with one attached hydrogen (secondary N) is 1. The molecule has 1 aromatic carbocycles. The molecule has 26 heavy (non-hydrogen) atoms. The van der Waals surface area contributed by atoms with Gasteiger partial charge in [0.25, 0.3) is 5.91 Å². The van der Waals surface area contributed by atoms with Crippen molar-refractivity contribution in [2.24, 2.45) is 0 Å². The van der Waals surface area contributed by atoms with E-state index in [1.165, 1.54) is 18.6 Å². The van der Waals surface area contributed by atoms with Crippen LogP contribution in [-0.4, -0.2) is 11.9 Å². The molecule has 0 bridgehead atoms. The first kappa shape index (κ1) is 19.7. The number of carbonyl (C=O) groups is 1. The summed E-state index contributed by atoms with van der Waals surface area (Å²) in [6.07, 6.45) is 9.69. The Morgan fingerprint density at radius 1 is 1.35 bits per heavy atom. The van der Waals surface area contributed by atoms with Crippen molar-refractivity contribution in [2.75, 3.05) is 0 Å². The Hall–Kier alpha value is -2.60. The van der Waals surface area contributed by atoms with Gasteiger partial charge in [-0.15, -0.1) is 0 Å². The summed E-state index contributed by atoms with van der Waals surface area (Å²) in [5.74, 6) is 5.67. The van der Waals surface area contributed by atoms with E-state index in [1.54, 1.807) is 12.1 Å². The highest BCUT2D eigenvalue weighted by atomic mass is 19.1. The van der Waals surface area contributed by atoms with Crippen LogP contribution in [0.4, 0.5) is 4.39 Å². The van der Waals surface area contributed by atoms with E-state index < -0.39 is 0 Å². The molecule has 1 amide bonds. The number of benzene rings is 1. The van der Waals surface area contributed by atoms with Crippen molar-refractivity contribution in [1.82, 2.24) is 5.32 Å². The maximum atomic E-state index is 13.2. The molecular weight excluding hydrogens is 325 g/mol. The smallest absolute Gasteiger partial charge is 0.251 e. The second kappa shape index (κ2) is 9.77. The van der Waals surface area contributed by atoms with Crippen LogP contribution in [0.1, 0.15) is 52.0 Å². The van der Waals surface area contributed by atoms with Crippen molar-refractivity contribution in [1.29, 1.82) is 0 Å². The molecule has 0 aromatic heterocycles. The van der Waals surface area contributed by atoms with Gasteiger partial charge in [-0.1, -0.05) is 36.5 Å². The highest BCUT2D eigenvalue weighted by Crippen LogP contribution is 2.20. The molecule has 2 nitrogen and oxygen atoms in total. The zero-order valence-corrected chi connectivity index (χ0v) is 15.7.